The highest BCUT2D eigenvalue weighted by Crippen LogP contribution is 2.23. The molecule has 0 bridgehead atoms. The maximum Gasteiger partial charge on any atom is 0.243 e. The number of rotatable bonds is 7. The molecule has 28 heavy (non-hydrogen) atoms. The molecule has 1 heterocycles. The van der Waals surface area contributed by atoms with Gasteiger partial charge in [-0.05, 0) is 31.6 Å². The van der Waals surface area contributed by atoms with Gasteiger partial charge in [-0.25, -0.2) is 13.4 Å². The van der Waals surface area contributed by atoms with E-state index in [1.54, 1.807) is 18.4 Å². The highest BCUT2D eigenvalue weighted by molar-refractivity contribution is 14.0. The zero-order chi connectivity index (χ0) is 19.9. The molecule has 2 rings (SSSR count). The van der Waals surface area contributed by atoms with Crippen molar-refractivity contribution in [3.63, 3.8) is 0 Å². The largest absolute Gasteiger partial charge is 0.356 e. The SMILES string of the molecule is CN(C)C(=O)CN=C(NCC1CCCCC1)NC[C@H]1CCCN1S(C)(=O)=O.I. The van der Waals surface area contributed by atoms with Crippen LogP contribution in [0.5, 0.6) is 0 Å². The van der Waals surface area contributed by atoms with Gasteiger partial charge in [0.15, 0.2) is 5.96 Å². The standard InChI is InChI=1S/C18H35N5O3S.HI/c1-22(2)17(24)14-21-18(19-12-15-8-5-4-6-9-15)20-13-16-10-7-11-23(16)27(3,25)26;/h15-16H,4-14H2,1-3H3,(H2,19,20,21);1H/t16-;/m1./s1. The molecule has 0 aromatic heterocycles. The number of sulfonamides is 1. The van der Waals surface area contributed by atoms with Gasteiger partial charge in [0.05, 0.1) is 6.26 Å². The van der Waals surface area contributed by atoms with Gasteiger partial charge in [-0.15, -0.1) is 24.0 Å². The number of halogens is 1. The summed E-state index contributed by atoms with van der Waals surface area (Å²) in [6.07, 6.45) is 9.29. The Hall–Kier alpha value is -0.620. The van der Waals surface area contributed by atoms with Crippen LogP contribution in [0, 0.1) is 5.92 Å². The molecule has 0 spiro atoms. The first-order chi connectivity index (χ1) is 12.8. The van der Waals surface area contributed by atoms with Gasteiger partial charge in [-0.2, -0.15) is 4.31 Å². The summed E-state index contributed by atoms with van der Waals surface area (Å²) in [4.78, 5) is 17.8. The molecule has 1 aliphatic carbocycles. The van der Waals surface area contributed by atoms with E-state index in [-0.39, 0.29) is 42.5 Å². The van der Waals surface area contributed by atoms with Crippen LogP contribution in [0.4, 0.5) is 0 Å². The van der Waals surface area contributed by atoms with Gasteiger partial charge in [-0.3, -0.25) is 4.79 Å². The molecule has 2 aliphatic rings. The lowest BCUT2D eigenvalue weighted by molar-refractivity contribution is -0.127. The molecule has 0 unspecified atom stereocenters. The van der Waals surface area contributed by atoms with Crippen LogP contribution >= 0.6 is 24.0 Å². The first kappa shape index (κ1) is 25.4. The summed E-state index contributed by atoms with van der Waals surface area (Å²) in [6.45, 7) is 1.99. The smallest absolute Gasteiger partial charge is 0.243 e. The van der Waals surface area contributed by atoms with Crippen molar-refractivity contribution in [2.75, 3.05) is 46.5 Å². The van der Waals surface area contributed by atoms with E-state index in [9.17, 15) is 13.2 Å². The van der Waals surface area contributed by atoms with E-state index >= 15 is 0 Å². The maximum absolute atomic E-state index is 11.9. The lowest BCUT2D eigenvalue weighted by Crippen LogP contribution is -2.47. The number of guanidine groups is 1. The molecule has 10 heteroatoms. The first-order valence-electron chi connectivity index (χ1n) is 9.96. The Morgan fingerprint density at radius 2 is 1.71 bits per heavy atom. The Balaban J connectivity index is 0.00000392. The molecule has 1 aliphatic heterocycles. The number of carbonyl (C=O) groups is 1. The second kappa shape index (κ2) is 12.2. The van der Waals surface area contributed by atoms with Gasteiger partial charge in [0.2, 0.25) is 15.9 Å². The highest BCUT2D eigenvalue weighted by atomic mass is 127. The number of likely N-dealkylation sites (N-methyl/N-ethyl adjacent to an activating group) is 1. The van der Waals surface area contributed by atoms with E-state index in [4.69, 9.17) is 0 Å². The molecule has 1 amide bonds. The quantitative estimate of drug-likeness (QED) is 0.294. The molecule has 2 N–H and O–H groups in total. The van der Waals surface area contributed by atoms with Gasteiger partial charge in [0.1, 0.15) is 6.54 Å². The third kappa shape index (κ3) is 8.40. The minimum absolute atomic E-state index is 0. The van der Waals surface area contributed by atoms with Crippen molar-refractivity contribution >= 4 is 45.9 Å². The number of hydrogen-bond acceptors (Lipinski definition) is 4. The lowest BCUT2D eigenvalue weighted by Gasteiger charge is -2.25. The van der Waals surface area contributed by atoms with Gasteiger partial charge in [-0.1, -0.05) is 19.3 Å². The molecule has 0 aromatic rings. The first-order valence-corrected chi connectivity index (χ1v) is 11.8. The van der Waals surface area contributed by atoms with Crippen molar-refractivity contribution in [1.29, 1.82) is 0 Å². The zero-order valence-corrected chi connectivity index (χ0v) is 20.5. The fraction of sp³-hybridized carbons (Fsp3) is 0.889. The molecule has 0 aromatic carbocycles. The maximum atomic E-state index is 11.9. The fourth-order valence-corrected chi connectivity index (χ4v) is 4.94. The van der Waals surface area contributed by atoms with Gasteiger partial charge >= 0.3 is 0 Å². The number of hydrogen-bond donors (Lipinski definition) is 2. The second-order valence-corrected chi connectivity index (χ2v) is 9.82. The molecular formula is C18H36IN5O3S. The van der Waals surface area contributed by atoms with Crippen LogP contribution < -0.4 is 10.6 Å². The van der Waals surface area contributed by atoms with E-state index < -0.39 is 10.0 Å². The number of carbonyl (C=O) groups excluding carboxylic acids is 1. The molecule has 164 valence electrons. The van der Waals surface area contributed by atoms with Crippen molar-refractivity contribution in [1.82, 2.24) is 19.8 Å². The van der Waals surface area contributed by atoms with E-state index in [1.165, 1.54) is 43.3 Å². The van der Waals surface area contributed by atoms with Crippen molar-refractivity contribution in [3.8, 4) is 0 Å². The Morgan fingerprint density at radius 1 is 1.07 bits per heavy atom. The fourth-order valence-electron chi connectivity index (χ4n) is 3.76. The minimum Gasteiger partial charge on any atom is -0.356 e. The van der Waals surface area contributed by atoms with Crippen LogP contribution in [0.2, 0.25) is 0 Å². The summed E-state index contributed by atoms with van der Waals surface area (Å²) in [5, 5.41) is 6.62. The predicted octanol–water partition coefficient (Wildman–Crippen LogP) is 1.23. The number of nitrogens with zero attached hydrogens (tertiary/aromatic N) is 3. The summed E-state index contributed by atoms with van der Waals surface area (Å²) in [7, 11) is 0.229. The molecule has 0 radical (unpaired) electrons. The van der Waals surface area contributed by atoms with Crippen molar-refractivity contribution in [3.05, 3.63) is 0 Å². The van der Waals surface area contributed by atoms with Crippen LogP contribution in [0.1, 0.15) is 44.9 Å². The van der Waals surface area contributed by atoms with Crippen LogP contribution in [-0.4, -0.2) is 82.1 Å². The molecule has 2 fully saturated rings. The zero-order valence-electron chi connectivity index (χ0n) is 17.3. The summed E-state index contributed by atoms with van der Waals surface area (Å²) in [5.41, 5.74) is 0. The monoisotopic (exact) mass is 529 g/mol. The van der Waals surface area contributed by atoms with Crippen molar-refractivity contribution < 1.29 is 13.2 Å². The lowest BCUT2D eigenvalue weighted by atomic mass is 9.89. The summed E-state index contributed by atoms with van der Waals surface area (Å²) < 4.78 is 25.4. The molecule has 1 saturated carbocycles. The third-order valence-corrected chi connectivity index (χ3v) is 6.74. The van der Waals surface area contributed by atoms with E-state index in [1.807, 2.05) is 0 Å². The van der Waals surface area contributed by atoms with E-state index in [0.717, 1.165) is 19.4 Å². The normalized spacial score (nSPS) is 21.8. The van der Waals surface area contributed by atoms with Crippen LogP contribution in [-0.2, 0) is 14.8 Å². The van der Waals surface area contributed by atoms with Crippen molar-refractivity contribution in [2.24, 2.45) is 10.9 Å². The van der Waals surface area contributed by atoms with Crippen LogP contribution in [0.3, 0.4) is 0 Å². The molecule has 8 nitrogen and oxygen atoms in total. The Labute approximate surface area is 187 Å². The number of amides is 1. The highest BCUT2D eigenvalue weighted by Gasteiger charge is 2.31. The molecule has 1 saturated heterocycles. The topological polar surface area (TPSA) is 94.1 Å². The Morgan fingerprint density at radius 3 is 2.32 bits per heavy atom. The van der Waals surface area contributed by atoms with Crippen LogP contribution in [0.25, 0.3) is 0 Å². The van der Waals surface area contributed by atoms with Crippen LogP contribution in [0.15, 0.2) is 4.99 Å². The van der Waals surface area contributed by atoms with Crippen molar-refractivity contribution in [2.45, 2.75) is 51.0 Å². The average Bonchev–Trinajstić information content (AvgIpc) is 3.10. The Kier molecular flexibility index (Phi) is 11.0. The summed E-state index contributed by atoms with van der Waals surface area (Å²) in [6, 6.07) is -0.0637. The van der Waals surface area contributed by atoms with Gasteiger partial charge in [0.25, 0.3) is 0 Å². The molecular weight excluding hydrogens is 493 g/mol. The number of nitrogens with one attached hydrogen (secondary N) is 2. The average molecular weight is 529 g/mol. The third-order valence-electron chi connectivity index (χ3n) is 5.41. The summed E-state index contributed by atoms with van der Waals surface area (Å²) >= 11 is 0. The Bertz CT molecular complexity index is 621. The van der Waals surface area contributed by atoms with E-state index in [0.29, 0.717) is 25.0 Å². The summed E-state index contributed by atoms with van der Waals surface area (Å²) in [5.74, 6) is 1.16. The second-order valence-electron chi connectivity index (χ2n) is 7.89. The predicted molar refractivity (Wildman–Crippen MR) is 124 cm³/mol. The molecule has 1 atom stereocenters. The van der Waals surface area contributed by atoms with Gasteiger partial charge in [0, 0.05) is 39.8 Å². The minimum atomic E-state index is -3.19. The van der Waals surface area contributed by atoms with Gasteiger partial charge < -0.3 is 15.5 Å². The number of aliphatic imine (C=N–C) groups is 1. The van der Waals surface area contributed by atoms with E-state index in [2.05, 4.69) is 15.6 Å².